The second-order valence-electron chi connectivity index (χ2n) is 11.4. The molecule has 0 saturated heterocycles. The lowest BCUT2D eigenvalue weighted by molar-refractivity contribution is -0.139. The number of fused-ring (bicyclic) bond motifs is 2. The van der Waals surface area contributed by atoms with Crippen LogP contribution in [0.3, 0.4) is 0 Å². The number of hydrogen-bond donors (Lipinski definition) is 5. The zero-order valence-corrected chi connectivity index (χ0v) is 20.7. The van der Waals surface area contributed by atoms with Crippen molar-refractivity contribution in [3.8, 4) is 5.75 Å². The zero-order valence-electron chi connectivity index (χ0n) is 20.7. The van der Waals surface area contributed by atoms with E-state index in [2.05, 4.69) is 30.9 Å². The molecule has 11 nitrogen and oxygen atoms in total. The number of carbonyl (C=O) groups excluding carboxylic acids is 3. The minimum Gasteiger partial charge on any atom is -0.482 e. The van der Waals surface area contributed by atoms with E-state index in [9.17, 15) is 19.5 Å². The molecule has 0 spiro atoms. The number of amides is 3. The van der Waals surface area contributed by atoms with E-state index in [1.807, 2.05) is 6.07 Å². The molecular weight excluding hydrogens is 488 g/mol. The van der Waals surface area contributed by atoms with E-state index < -0.39 is 17.0 Å². The molecule has 3 unspecified atom stereocenters. The SMILES string of the molecule is O=C1COc2ccc(CNC(=O)c3ncnc4c(C(=O)NC56CC7C[C@@H](CC(O)(C7)C5)C6)c[nH]c34)cc2N1. The van der Waals surface area contributed by atoms with Crippen molar-refractivity contribution in [3.63, 3.8) is 0 Å². The van der Waals surface area contributed by atoms with Crippen LogP contribution in [0.1, 0.15) is 64.9 Å². The number of H-pyrrole nitrogens is 1. The molecule has 0 radical (unpaired) electrons. The van der Waals surface area contributed by atoms with Gasteiger partial charge in [-0.3, -0.25) is 14.4 Å². The lowest BCUT2D eigenvalue weighted by atomic mass is 9.51. The van der Waals surface area contributed by atoms with Crippen LogP contribution < -0.4 is 20.7 Å². The first kappa shape index (κ1) is 23.2. The zero-order chi connectivity index (χ0) is 26.1. The van der Waals surface area contributed by atoms with Crippen LogP contribution in [0.4, 0.5) is 5.69 Å². The van der Waals surface area contributed by atoms with Gasteiger partial charge in [0.2, 0.25) is 0 Å². The molecule has 8 rings (SSSR count). The van der Waals surface area contributed by atoms with Crippen molar-refractivity contribution < 1.29 is 24.2 Å². The van der Waals surface area contributed by atoms with Gasteiger partial charge in [0.1, 0.15) is 17.6 Å². The lowest BCUT2D eigenvalue weighted by Crippen LogP contribution is -2.65. The normalized spacial score (nSPS) is 28.9. The Bertz CT molecular complexity index is 1480. The quantitative estimate of drug-likeness (QED) is 0.347. The number of carbonyl (C=O) groups is 3. The van der Waals surface area contributed by atoms with Crippen molar-refractivity contribution in [2.45, 2.75) is 56.2 Å². The Balaban J connectivity index is 1.08. The van der Waals surface area contributed by atoms with E-state index in [0.29, 0.717) is 46.3 Å². The second-order valence-corrected chi connectivity index (χ2v) is 11.4. The van der Waals surface area contributed by atoms with Gasteiger partial charge in [-0.1, -0.05) is 6.07 Å². The van der Waals surface area contributed by atoms with Gasteiger partial charge in [-0.05, 0) is 68.1 Å². The number of rotatable bonds is 5. The molecule has 1 aromatic carbocycles. The van der Waals surface area contributed by atoms with Crippen molar-refractivity contribution in [1.82, 2.24) is 25.6 Å². The highest BCUT2D eigenvalue weighted by atomic mass is 16.5. The van der Waals surface area contributed by atoms with Crippen molar-refractivity contribution >= 4 is 34.4 Å². The number of benzene rings is 1. The second kappa shape index (κ2) is 8.26. The number of aliphatic hydroxyl groups is 1. The van der Waals surface area contributed by atoms with E-state index in [4.69, 9.17) is 4.74 Å². The summed E-state index contributed by atoms with van der Waals surface area (Å²) < 4.78 is 5.37. The van der Waals surface area contributed by atoms with Gasteiger partial charge in [0.05, 0.1) is 22.4 Å². The smallest absolute Gasteiger partial charge is 0.272 e. The van der Waals surface area contributed by atoms with Crippen molar-refractivity contribution in [3.05, 3.63) is 47.5 Å². The first-order valence-electron chi connectivity index (χ1n) is 13.0. The van der Waals surface area contributed by atoms with Crippen LogP contribution in [-0.4, -0.2) is 55.5 Å². The Morgan fingerprint density at radius 3 is 2.74 bits per heavy atom. The summed E-state index contributed by atoms with van der Waals surface area (Å²) in [5.74, 6) is 0.560. The molecule has 196 valence electrons. The van der Waals surface area contributed by atoms with Crippen LogP contribution in [0.2, 0.25) is 0 Å². The molecular formula is C27H28N6O5. The van der Waals surface area contributed by atoms with Crippen LogP contribution in [0.5, 0.6) is 5.75 Å². The van der Waals surface area contributed by atoms with Crippen LogP contribution in [0.25, 0.3) is 11.0 Å². The van der Waals surface area contributed by atoms with Crippen molar-refractivity contribution in [2.75, 3.05) is 11.9 Å². The van der Waals surface area contributed by atoms with Gasteiger partial charge >= 0.3 is 0 Å². The predicted molar refractivity (Wildman–Crippen MR) is 135 cm³/mol. The Morgan fingerprint density at radius 1 is 1.13 bits per heavy atom. The van der Waals surface area contributed by atoms with Gasteiger partial charge < -0.3 is 30.8 Å². The maximum absolute atomic E-state index is 13.4. The standard InChI is InChI=1S/C27H28N6O5/c34-20-11-38-19-2-1-14(4-18(19)32-20)9-29-25(36)23-22-21(30-13-31-23)17(10-28-22)24(35)33-26-5-15-3-16(6-26)8-27(37,7-15)12-26/h1-2,4,10,13,15-16,28,37H,3,5-9,11-12H2,(H,29,36)(H,32,34)(H,33,35)/t15-,16?,26?,27?/m1/s1. The number of nitrogens with zero attached hydrogens (tertiary/aromatic N) is 2. The van der Waals surface area contributed by atoms with Crippen LogP contribution in [0.15, 0.2) is 30.7 Å². The number of aromatic nitrogens is 3. The molecule has 4 bridgehead atoms. The molecule has 4 fully saturated rings. The van der Waals surface area contributed by atoms with Crippen LogP contribution in [0, 0.1) is 11.8 Å². The van der Waals surface area contributed by atoms with Gasteiger partial charge in [0.15, 0.2) is 12.3 Å². The average Bonchev–Trinajstić information content (AvgIpc) is 3.30. The molecule has 4 aliphatic carbocycles. The van der Waals surface area contributed by atoms with E-state index in [-0.39, 0.29) is 30.7 Å². The maximum Gasteiger partial charge on any atom is 0.272 e. The minimum atomic E-state index is -0.679. The molecule has 4 atom stereocenters. The predicted octanol–water partition coefficient (Wildman–Crippen LogP) is 2.03. The third kappa shape index (κ3) is 3.89. The summed E-state index contributed by atoms with van der Waals surface area (Å²) in [6, 6.07) is 5.31. The first-order valence-corrected chi connectivity index (χ1v) is 13.0. The first-order chi connectivity index (χ1) is 18.3. The Morgan fingerprint density at radius 2 is 1.95 bits per heavy atom. The fourth-order valence-corrected chi connectivity index (χ4v) is 7.46. The summed E-state index contributed by atoms with van der Waals surface area (Å²) in [5.41, 5.74) is 1.50. The number of anilines is 1. The third-order valence-electron chi connectivity index (χ3n) is 8.46. The molecule has 2 aromatic heterocycles. The molecule has 4 saturated carbocycles. The molecule has 11 heteroatoms. The Kier molecular flexibility index (Phi) is 5.03. The van der Waals surface area contributed by atoms with Gasteiger partial charge in [0.25, 0.3) is 17.7 Å². The molecule has 3 heterocycles. The minimum absolute atomic E-state index is 0.0206. The summed E-state index contributed by atoms with van der Waals surface area (Å²) >= 11 is 0. The summed E-state index contributed by atoms with van der Waals surface area (Å²) in [5, 5.41) is 19.9. The van der Waals surface area contributed by atoms with E-state index in [0.717, 1.165) is 37.7 Å². The fraction of sp³-hybridized carbons (Fsp3) is 0.444. The van der Waals surface area contributed by atoms with E-state index >= 15 is 0 Å². The third-order valence-corrected chi connectivity index (χ3v) is 8.46. The number of ether oxygens (including phenoxy) is 1. The molecule has 3 aromatic rings. The van der Waals surface area contributed by atoms with Gasteiger partial charge in [-0.25, -0.2) is 9.97 Å². The van der Waals surface area contributed by atoms with Gasteiger partial charge in [-0.15, -0.1) is 0 Å². The summed E-state index contributed by atoms with van der Waals surface area (Å²) in [6.45, 7) is 0.183. The largest absolute Gasteiger partial charge is 0.482 e. The summed E-state index contributed by atoms with van der Waals surface area (Å²) in [7, 11) is 0. The van der Waals surface area contributed by atoms with Crippen LogP contribution >= 0.6 is 0 Å². The Labute approximate surface area is 217 Å². The topological polar surface area (TPSA) is 158 Å². The number of nitrogens with one attached hydrogen (secondary N) is 4. The molecule has 5 N–H and O–H groups in total. The van der Waals surface area contributed by atoms with Gasteiger partial charge in [0, 0.05) is 18.3 Å². The van der Waals surface area contributed by atoms with Crippen molar-refractivity contribution in [1.29, 1.82) is 0 Å². The summed E-state index contributed by atoms with van der Waals surface area (Å²) in [6.07, 6.45) is 7.99. The van der Waals surface area contributed by atoms with E-state index in [1.165, 1.54) is 6.33 Å². The summed E-state index contributed by atoms with van der Waals surface area (Å²) in [4.78, 5) is 49.5. The molecule has 38 heavy (non-hydrogen) atoms. The highest BCUT2D eigenvalue weighted by molar-refractivity contribution is 6.10. The maximum atomic E-state index is 13.4. The fourth-order valence-electron chi connectivity index (χ4n) is 7.46. The highest BCUT2D eigenvalue weighted by Crippen LogP contribution is 2.57. The molecule has 1 aliphatic heterocycles. The van der Waals surface area contributed by atoms with Gasteiger partial charge in [-0.2, -0.15) is 0 Å². The average molecular weight is 517 g/mol. The number of aromatic amines is 1. The molecule has 5 aliphatic rings. The number of hydrogen-bond acceptors (Lipinski definition) is 7. The molecule has 3 amide bonds. The lowest BCUT2D eigenvalue weighted by Gasteiger charge is -2.60. The van der Waals surface area contributed by atoms with E-state index in [1.54, 1.807) is 18.3 Å². The Hall–Kier alpha value is -3.99. The van der Waals surface area contributed by atoms with Crippen molar-refractivity contribution in [2.24, 2.45) is 11.8 Å². The van der Waals surface area contributed by atoms with Crippen LogP contribution in [-0.2, 0) is 11.3 Å². The highest BCUT2D eigenvalue weighted by Gasteiger charge is 2.57. The monoisotopic (exact) mass is 516 g/mol.